The van der Waals surface area contributed by atoms with Crippen LogP contribution in [0.1, 0.15) is 117 Å². The van der Waals surface area contributed by atoms with Crippen molar-refractivity contribution in [1.29, 1.82) is 0 Å². The summed E-state index contributed by atoms with van der Waals surface area (Å²) in [6, 6.07) is 9.33. The first kappa shape index (κ1) is 34.9. The molecule has 256 valence electrons. The lowest BCUT2D eigenvalue weighted by Gasteiger charge is -2.61. The fourth-order valence-electron chi connectivity index (χ4n) is 10.8. The highest BCUT2D eigenvalue weighted by atomic mass is 16.5. The van der Waals surface area contributed by atoms with Crippen molar-refractivity contribution >= 4 is 17.8 Å². The van der Waals surface area contributed by atoms with Crippen LogP contribution in [-0.2, 0) is 30.5 Å². The Balaban J connectivity index is 1.10. The number of hydrogen-bond donors (Lipinski definition) is 2. The maximum atomic E-state index is 12.6. The average molecular weight is 637 g/mol. The number of hydrogen-bond acceptors (Lipinski definition) is 6. The molecule has 4 aliphatic rings. The zero-order chi connectivity index (χ0) is 33.1. The minimum absolute atomic E-state index is 0.0617. The number of amides is 1. The van der Waals surface area contributed by atoms with E-state index in [1.54, 1.807) is 0 Å². The SMILES string of the molecule is CC(C)C[C@H](N)C(=O)NCC(=O)O[C@@H]1CC[C@@]2(C)[C@H](CC[C@@H]3[C@@H]2CC[C@]2(C)[C@@H]([C@@H](C)CCC(=O)OCc4ccccc4)CC[C@@H]32)C1. The average Bonchev–Trinajstić information content (AvgIpc) is 3.39. The van der Waals surface area contributed by atoms with Crippen molar-refractivity contribution in [3.63, 3.8) is 0 Å². The molecule has 4 saturated carbocycles. The van der Waals surface area contributed by atoms with E-state index in [-0.39, 0.29) is 30.5 Å². The van der Waals surface area contributed by atoms with Gasteiger partial charge in [0.15, 0.2) is 0 Å². The van der Waals surface area contributed by atoms with E-state index in [9.17, 15) is 14.4 Å². The number of esters is 2. The van der Waals surface area contributed by atoms with E-state index in [2.05, 4.69) is 26.1 Å². The van der Waals surface area contributed by atoms with Crippen LogP contribution in [0.25, 0.3) is 0 Å². The number of carbonyl (C=O) groups is 3. The normalized spacial score (nSPS) is 34.8. The Morgan fingerprint density at radius 3 is 2.37 bits per heavy atom. The zero-order valence-electron chi connectivity index (χ0n) is 29.1. The lowest BCUT2D eigenvalue weighted by Crippen LogP contribution is -2.54. The van der Waals surface area contributed by atoms with E-state index in [1.165, 1.54) is 38.5 Å². The summed E-state index contributed by atoms with van der Waals surface area (Å²) in [5.41, 5.74) is 7.65. The molecule has 5 rings (SSSR count). The summed E-state index contributed by atoms with van der Waals surface area (Å²) < 4.78 is 11.5. The number of carbonyl (C=O) groups excluding carboxylic acids is 3. The Bertz CT molecular complexity index is 1200. The van der Waals surface area contributed by atoms with Crippen LogP contribution in [0, 0.1) is 52.3 Å². The van der Waals surface area contributed by atoms with E-state index in [1.807, 2.05) is 44.2 Å². The zero-order valence-corrected chi connectivity index (χ0v) is 29.1. The molecule has 0 unspecified atom stereocenters. The standard InChI is InChI=1S/C39H60N2O5/c1-25(2)21-34(40)37(44)41-23-36(43)46-29-17-19-38(4)28(22-29)12-13-30-32-15-14-31(39(32,5)20-18-33(30)38)26(3)11-16-35(42)45-24-27-9-7-6-8-10-27/h6-10,25-26,28-34H,11-24,40H2,1-5H3,(H,41,44)/t26-,28+,29+,30-,31+,32-,33-,34-,38-,39+/m0/s1. The van der Waals surface area contributed by atoms with Gasteiger partial charge in [0.1, 0.15) is 19.3 Å². The van der Waals surface area contributed by atoms with E-state index in [0.717, 1.165) is 49.0 Å². The first-order valence-electron chi connectivity index (χ1n) is 18.3. The molecule has 0 radical (unpaired) electrons. The highest BCUT2D eigenvalue weighted by Crippen LogP contribution is 2.68. The Morgan fingerprint density at radius 1 is 0.913 bits per heavy atom. The summed E-state index contributed by atoms with van der Waals surface area (Å²) in [5, 5.41) is 2.68. The molecular formula is C39H60N2O5. The highest BCUT2D eigenvalue weighted by Gasteiger charge is 2.60. The van der Waals surface area contributed by atoms with Crippen LogP contribution < -0.4 is 11.1 Å². The van der Waals surface area contributed by atoms with Gasteiger partial charge in [0.25, 0.3) is 0 Å². The third kappa shape index (κ3) is 7.66. The van der Waals surface area contributed by atoms with Gasteiger partial charge in [0.05, 0.1) is 6.04 Å². The molecule has 0 aliphatic heterocycles. The van der Waals surface area contributed by atoms with Crippen LogP contribution >= 0.6 is 0 Å². The van der Waals surface area contributed by atoms with Crippen LogP contribution in [-0.4, -0.2) is 36.5 Å². The first-order chi connectivity index (χ1) is 21.9. The van der Waals surface area contributed by atoms with Crippen molar-refractivity contribution in [3.8, 4) is 0 Å². The third-order valence-electron chi connectivity index (χ3n) is 13.2. The molecule has 0 spiro atoms. The minimum atomic E-state index is -0.594. The van der Waals surface area contributed by atoms with Crippen LogP contribution in [0.15, 0.2) is 30.3 Å². The molecule has 3 N–H and O–H groups in total. The van der Waals surface area contributed by atoms with Gasteiger partial charge in [-0.15, -0.1) is 0 Å². The summed E-state index contributed by atoms with van der Waals surface area (Å²) in [7, 11) is 0. The number of nitrogens with two attached hydrogens (primary N) is 1. The largest absolute Gasteiger partial charge is 0.461 e. The summed E-state index contributed by atoms with van der Waals surface area (Å²) in [5.74, 6) is 3.66. The Morgan fingerprint density at radius 2 is 1.63 bits per heavy atom. The molecule has 1 aromatic carbocycles. The maximum Gasteiger partial charge on any atom is 0.325 e. The molecule has 0 aromatic heterocycles. The van der Waals surface area contributed by atoms with Crippen LogP contribution in [0.4, 0.5) is 0 Å². The summed E-state index contributed by atoms with van der Waals surface area (Å²) in [4.78, 5) is 37.5. The van der Waals surface area contributed by atoms with Crippen molar-refractivity contribution in [3.05, 3.63) is 35.9 Å². The maximum absolute atomic E-state index is 12.6. The van der Waals surface area contributed by atoms with Gasteiger partial charge in [-0.2, -0.15) is 0 Å². The minimum Gasteiger partial charge on any atom is -0.461 e. The van der Waals surface area contributed by atoms with Gasteiger partial charge in [0, 0.05) is 6.42 Å². The fraction of sp³-hybridized carbons (Fsp3) is 0.769. The summed E-state index contributed by atoms with van der Waals surface area (Å²) in [6.45, 7) is 11.8. The molecule has 10 atom stereocenters. The molecule has 1 aromatic rings. The van der Waals surface area contributed by atoms with Gasteiger partial charge in [-0.1, -0.05) is 65.0 Å². The number of ether oxygens (including phenoxy) is 2. The first-order valence-corrected chi connectivity index (χ1v) is 18.3. The third-order valence-corrected chi connectivity index (χ3v) is 13.2. The van der Waals surface area contributed by atoms with Crippen molar-refractivity contribution in [1.82, 2.24) is 5.32 Å². The quantitative estimate of drug-likeness (QED) is 0.235. The molecule has 4 fully saturated rings. The second-order valence-electron chi connectivity index (χ2n) is 16.4. The molecule has 0 bridgehead atoms. The van der Waals surface area contributed by atoms with Gasteiger partial charge >= 0.3 is 11.9 Å². The lowest BCUT2D eigenvalue weighted by molar-refractivity contribution is -0.162. The molecular weight excluding hydrogens is 576 g/mol. The predicted octanol–water partition coefficient (Wildman–Crippen LogP) is 7.21. The van der Waals surface area contributed by atoms with Gasteiger partial charge in [0.2, 0.25) is 5.91 Å². The molecule has 46 heavy (non-hydrogen) atoms. The Kier molecular flexibility index (Phi) is 11.2. The molecule has 7 nitrogen and oxygen atoms in total. The number of benzene rings is 1. The molecule has 4 aliphatic carbocycles. The van der Waals surface area contributed by atoms with Crippen molar-refractivity contribution in [2.24, 2.45) is 58.0 Å². The van der Waals surface area contributed by atoms with Crippen LogP contribution in [0.2, 0.25) is 0 Å². The Hall–Kier alpha value is -2.41. The lowest BCUT2D eigenvalue weighted by atomic mass is 9.44. The molecule has 0 saturated heterocycles. The molecule has 1 amide bonds. The molecule has 7 heteroatoms. The summed E-state index contributed by atoms with van der Waals surface area (Å²) >= 11 is 0. The highest BCUT2D eigenvalue weighted by molar-refractivity contribution is 5.85. The summed E-state index contributed by atoms with van der Waals surface area (Å²) in [6.07, 6.45) is 12.6. The monoisotopic (exact) mass is 636 g/mol. The number of fused-ring (bicyclic) bond motifs is 5. The topological polar surface area (TPSA) is 108 Å². The van der Waals surface area contributed by atoms with Crippen molar-refractivity contribution in [2.75, 3.05) is 6.54 Å². The van der Waals surface area contributed by atoms with E-state index in [0.29, 0.717) is 54.0 Å². The van der Waals surface area contributed by atoms with Crippen LogP contribution in [0.5, 0.6) is 0 Å². The van der Waals surface area contributed by atoms with Gasteiger partial charge in [-0.05, 0) is 128 Å². The fourth-order valence-corrected chi connectivity index (χ4v) is 10.8. The number of nitrogens with one attached hydrogen (secondary N) is 1. The number of rotatable bonds is 12. The van der Waals surface area contributed by atoms with Crippen molar-refractivity contribution < 1.29 is 23.9 Å². The van der Waals surface area contributed by atoms with Crippen LogP contribution in [0.3, 0.4) is 0 Å². The molecule has 0 heterocycles. The van der Waals surface area contributed by atoms with E-state index >= 15 is 0 Å². The van der Waals surface area contributed by atoms with Gasteiger partial charge in [-0.3, -0.25) is 14.4 Å². The predicted molar refractivity (Wildman–Crippen MR) is 180 cm³/mol. The smallest absolute Gasteiger partial charge is 0.325 e. The van der Waals surface area contributed by atoms with Crippen molar-refractivity contribution in [2.45, 2.75) is 130 Å². The van der Waals surface area contributed by atoms with Gasteiger partial charge < -0.3 is 20.5 Å². The van der Waals surface area contributed by atoms with Gasteiger partial charge in [-0.25, -0.2) is 0 Å². The second-order valence-corrected chi connectivity index (χ2v) is 16.4. The van der Waals surface area contributed by atoms with E-state index in [4.69, 9.17) is 15.2 Å². The second kappa shape index (κ2) is 14.8. The Labute approximate surface area is 277 Å². The van der Waals surface area contributed by atoms with E-state index < -0.39 is 6.04 Å².